The predicted molar refractivity (Wildman–Crippen MR) is 108 cm³/mol. The molecule has 0 spiro atoms. The Hall–Kier alpha value is -3.88. The van der Waals surface area contributed by atoms with Gasteiger partial charge in [0.25, 0.3) is 5.56 Å². The topological polar surface area (TPSA) is 85.9 Å². The van der Waals surface area contributed by atoms with E-state index in [4.69, 9.17) is 0 Å². The number of rotatable bonds is 3. The van der Waals surface area contributed by atoms with Gasteiger partial charge in [-0.2, -0.15) is 5.10 Å². The van der Waals surface area contributed by atoms with Crippen LogP contribution in [0.15, 0.2) is 59.5 Å². The third kappa shape index (κ3) is 2.86. The summed E-state index contributed by atoms with van der Waals surface area (Å²) in [5.74, 6) is -0.603. The fraction of sp³-hybridized carbons (Fsp3) is 0.190. The largest absolute Gasteiger partial charge is 0.307 e. The van der Waals surface area contributed by atoms with Crippen LogP contribution in [0.5, 0.6) is 0 Å². The van der Waals surface area contributed by atoms with Gasteiger partial charge in [0.05, 0.1) is 11.9 Å². The van der Waals surface area contributed by atoms with Gasteiger partial charge in [0.2, 0.25) is 5.91 Å². The van der Waals surface area contributed by atoms with Gasteiger partial charge in [0.15, 0.2) is 5.65 Å². The molecule has 3 heterocycles. The Balaban J connectivity index is 1.47. The zero-order chi connectivity index (χ0) is 20.8. The summed E-state index contributed by atoms with van der Waals surface area (Å²) < 4.78 is 15.6. The minimum Gasteiger partial charge on any atom is -0.307 e. The molecule has 5 rings (SSSR count). The number of amides is 1. The highest BCUT2D eigenvalue weighted by Gasteiger charge is 2.31. The van der Waals surface area contributed by atoms with Crippen LogP contribution in [-0.2, 0) is 17.8 Å². The van der Waals surface area contributed by atoms with Crippen molar-refractivity contribution in [1.29, 1.82) is 0 Å². The van der Waals surface area contributed by atoms with Crippen molar-refractivity contribution in [1.82, 2.24) is 24.8 Å². The third-order valence-corrected chi connectivity index (χ3v) is 5.29. The molecule has 0 radical (unpaired) electrons. The van der Waals surface area contributed by atoms with E-state index in [1.165, 1.54) is 35.1 Å². The van der Waals surface area contributed by atoms with Crippen LogP contribution in [0.25, 0.3) is 16.7 Å². The molecule has 1 aliphatic rings. The lowest BCUT2D eigenvalue weighted by molar-refractivity contribution is -0.119. The number of hydrogen-bond donors (Lipinski definition) is 0. The van der Waals surface area contributed by atoms with Crippen LogP contribution in [0.1, 0.15) is 12.5 Å². The third-order valence-electron chi connectivity index (χ3n) is 5.29. The number of benzene rings is 2. The summed E-state index contributed by atoms with van der Waals surface area (Å²) in [4.78, 5) is 27.6. The molecular formula is C21H17FN6O2. The predicted octanol–water partition coefficient (Wildman–Crippen LogP) is 2.09. The van der Waals surface area contributed by atoms with Gasteiger partial charge in [0.1, 0.15) is 17.7 Å². The molecule has 8 nitrogen and oxygen atoms in total. The molecule has 9 heteroatoms. The Bertz CT molecular complexity index is 1330. The molecule has 0 fully saturated rings. The van der Waals surface area contributed by atoms with Gasteiger partial charge in [-0.05, 0) is 49.2 Å². The average molecular weight is 404 g/mol. The molecule has 0 aliphatic carbocycles. The van der Waals surface area contributed by atoms with E-state index in [0.717, 1.165) is 22.4 Å². The molecule has 2 aromatic carbocycles. The zero-order valence-electron chi connectivity index (χ0n) is 16.1. The first-order valence-electron chi connectivity index (χ1n) is 9.50. The molecule has 150 valence electrons. The summed E-state index contributed by atoms with van der Waals surface area (Å²) >= 11 is 0. The van der Waals surface area contributed by atoms with Crippen molar-refractivity contribution in [3.8, 4) is 5.69 Å². The zero-order valence-corrected chi connectivity index (χ0v) is 16.1. The van der Waals surface area contributed by atoms with Gasteiger partial charge >= 0.3 is 0 Å². The Labute approximate surface area is 170 Å². The second kappa shape index (κ2) is 6.87. The monoisotopic (exact) mass is 404 g/mol. The summed E-state index contributed by atoms with van der Waals surface area (Å²) in [6.45, 7) is 1.75. The number of nitrogens with zero attached hydrogens (tertiary/aromatic N) is 6. The van der Waals surface area contributed by atoms with Crippen LogP contribution >= 0.6 is 0 Å². The normalized spacial score (nSPS) is 15.5. The van der Waals surface area contributed by atoms with Crippen LogP contribution in [0.4, 0.5) is 10.1 Å². The quantitative estimate of drug-likeness (QED) is 0.522. The summed E-state index contributed by atoms with van der Waals surface area (Å²) in [5.41, 5.74) is 2.31. The van der Waals surface area contributed by atoms with Crippen molar-refractivity contribution >= 4 is 22.6 Å². The maximum atomic E-state index is 13.2. The van der Waals surface area contributed by atoms with E-state index in [2.05, 4.69) is 15.4 Å². The standard InChI is InChI=1S/C21H17FN6O2/c1-13-10-14-4-2-3-5-18(14)27(13)19(29)12-26-21(30)17-11-23-28(20(17)24-25-26)16-8-6-15(22)7-9-16/h2-9,11,13H,10,12H2,1H3/t13-/m0/s1. The number of carbonyl (C=O) groups is 1. The number of fused-ring (bicyclic) bond motifs is 2. The highest BCUT2D eigenvalue weighted by molar-refractivity contribution is 5.96. The summed E-state index contributed by atoms with van der Waals surface area (Å²) in [7, 11) is 0. The smallest absolute Gasteiger partial charge is 0.281 e. The van der Waals surface area contributed by atoms with Gasteiger partial charge in [0, 0.05) is 11.7 Å². The van der Waals surface area contributed by atoms with Crippen LogP contribution in [0, 0.1) is 5.82 Å². The molecule has 30 heavy (non-hydrogen) atoms. The molecule has 1 aliphatic heterocycles. The van der Waals surface area contributed by atoms with E-state index >= 15 is 0 Å². The van der Waals surface area contributed by atoms with Gasteiger partial charge in [-0.25, -0.2) is 13.8 Å². The first-order chi connectivity index (χ1) is 14.5. The number of hydrogen-bond acceptors (Lipinski definition) is 5. The van der Waals surface area contributed by atoms with Gasteiger partial charge in [-0.1, -0.05) is 23.4 Å². The Morgan fingerprint density at radius 1 is 1.17 bits per heavy atom. The highest BCUT2D eigenvalue weighted by atomic mass is 19.1. The number of anilines is 1. The van der Waals surface area contributed by atoms with E-state index in [1.54, 1.807) is 4.90 Å². The molecular weight excluding hydrogens is 387 g/mol. The molecule has 1 atom stereocenters. The number of aromatic nitrogens is 5. The molecule has 0 N–H and O–H groups in total. The van der Waals surface area contributed by atoms with Crippen molar-refractivity contribution in [2.75, 3.05) is 4.90 Å². The van der Waals surface area contributed by atoms with Crippen LogP contribution in [0.2, 0.25) is 0 Å². The van der Waals surface area contributed by atoms with Crippen molar-refractivity contribution in [2.45, 2.75) is 25.9 Å². The van der Waals surface area contributed by atoms with E-state index < -0.39 is 5.56 Å². The number of para-hydroxylation sites is 1. The summed E-state index contributed by atoms with van der Waals surface area (Å²) in [5, 5.41) is 12.5. The first kappa shape index (κ1) is 18.2. The first-order valence-corrected chi connectivity index (χ1v) is 9.50. The lowest BCUT2D eigenvalue weighted by atomic mass is 10.1. The maximum absolute atomic E-state index is 13.2. The van der Waals surface area contributed by atoms with Crippen LogP contribution in [0.3, 0.4) is 0 Å². The average Bonchev–Trinajstić information content (AvgIpc) is 3.31. The Morgan fingerprint density at radius 3 is 2.73 bits per heavy atom. The Kier molecular flexibility index (Phi) is 4.16. The fourth-order valence-corrected chi connectivity index (χ4v) is 3.89. The van der Waals surface area contributed by atoms with E-state index in [1.807, 2.05) is 31.2 Å². The maximum Gasteiger partial charge on any atom is 0.281 e. The molecule has 0 unspecified atom stereocenters. The van der Waals surface area contributed by atoms with Crippen molar-refractivity contribution in [2.24, 2.45) is 0 Å². The lowest BCUT2D eigenvalue weighted by Gasteiger charge is -2.22. The van der Waals surface area contributed by atoms with Crippen LogP contribution < -0.4 is 10.5 Å². The molecule has 4 aromatic rings. The SMILES string of the molecule is C[C@H]1Cc2ccccc2N1C(=O)Cn1nnc2c(cnn2-c2ccc(F)cc2)c1=O. The van der Waals surface area contributed by atoms with Crippen molar-refractivity contribution < 1.29 is 9.18 Å². The Morgan fingerprint density at radius 2 is 1.93 bits per heavy atom. The number of halogens is 1. The van der Waals surface area contributed by atoms with Gasteiger partial charge in [-0.3, -0.25) is 9.59 Å². The van der Waals surface area contributed by atoms with E-state index in [-0.39, 0.29) is 35.3 Å². The fourth-order valence-electron chi connectivity index (χ4n) is 3.89. The minimum absolute atomic E-state index is 0.00326. The van der Waals surface area contributed by atoms with E-state index in [9.17, 15) is 14.0 Å². The minimum atomic E-state index is -0.457. The van der Waals surface area contributed by atoms with Gasteiger partial charge < -0.3 is 4.90 Å². The molecule has 2 aromatic heterocycles. The van der Waals surface area contributed by atoms with E-state index in [0.29, 0.717) is 5.69 Å². The second-order valence-corrected chi connectivity index (χ2v) is 7.27. The summed E-state index contributed by atoms with van der Waals surface area (Å²) in [6.07, 6.45) is 2.15. The molecule has 1 amide bonds. The molecule has 0 saturated carbocycles. The van der Waals surface area contributed by atoms with Crippen molar-refractivity contribution in [3.05, 3.63) is 76.5 Å². The van der Waals surface area contributed by atoms with Crippen LogP contribution in [-0.4, -0.2) is 36.7 Å². The number of carbonyl (C=O) groups excluding carboxylic acids is 1. The van der Waals surface area contributed by atoms with Gasteiger partial charge in [-0.15, -0.1) is 5.10 Å². The molecule has 0 saturated heterocycles. The summed E-state index contributed by atoms with van der Waals surface area (Å²) in [6, 6.07) is 13.4. The van der Waals surface area contributed by atoms with Crippen molar-refractivity contribution in [3.63, 3.8) is 0 Å². The molecule has 0 bridgehead atoms. The highest BCUT2D eigenvalue weighted by Crippen LogP contribution is 2.31. The second-order valence-electron chi connectivity index (χ2n) is 7.27. The lowest BCUT2D eigenvalue weighted by Crippen LogP contribution is -2.40.